The fourth-order valence-electron chi connectivity index (χ4n) is 1.48. The third-order valence-corrected chi connectivity index (χ3v) is 2.25. The van der Waals surface area contributed by atoms with E-state index in [2.05, 4.69) is 23.0 Å². The Morgan fingerprint density at radius 3 is 2.87 bits per heavy atom. The van der Waals surface area contributed by atoms with Gasteiger partial charge < -0.3 is 9.72 Å². The second-order valence-corrected chi connectivity index (χ2v) is 3.59. The van der Waals surface area contributed by atoms with E-state index in [1.165, 1.54) is 5.56 Å². The zero-order valence-corrected chi connectivity index (χ0v) is 8.95. The van der Waals surface area contributed by atoms with E-state index in [1.54, 1.807) is 12.4 Å². The summed E-state index contributed by atoms with van der Waals surface area (Å²) >= 11 is 0. The number of imidazole rings is 1. The topological polar surface area (TPSA) is 37.9 Å². The van der Waals surface area contributed by atoms with Crippen molar-refractivity contribution in [2.75, 3.05) is 0 Å². The van der Waals surface area contributed by atoms with Crippen molar-refractivity contribution in [3.05, 3.63) is 47.5 Å². The minimum Gasteiger partial charge on any atom is -0.485 e. The van der Waals surface area contributed by atoms with Crippen molar-refractivity contribution in [3.63, 3.8) is 0 Å². The molecule has 0 aliphatic carbocycles. The van der Waals surface area contributed by atoms with Crippen molar-refractivity contribution < 1.29 is 4.74 Å². The third kappa shape index (κ3) is 2.37. The number of nitrogens with zero attached hydrogens (tertiary/aromatic N) is 1. The molecule has 0 aliphatic rings. The van der Waals surface area contributed by atoms with Crippen molar-refractivity contribution in [1.82, 2.24) is 9.97 Å². The molecule has 0 unspecified atom stereocenters. The maximum atomic E-state index is 5.64. The minimum absolute atomic E-state index is 0.483. The van der Waals surface area contributed by atoms with Gasteiger partial charge in [0.2, 0.25) is 0 Å². The molecule has 0 saturated heterocycles. The van der Waals surface area contributed by atoms with Gasteiger partial charge in [-0.1, -0.05) is 17.7 Å². The summed E-state index contributed by atoms with van der Waals surface area (Å²) in [7, 11) is 0. The van der Waals surface area contributed by atoms with E-state index in [4.69, 9.17) is 4.74 Å². The molecule has 1 N–H and O–H groups in total. The number of aromatic nitrogens is 2. The fourth-order valence-corrected chi connectivity index (χ4v) is 1.48. The van der Waals surface area contributed by atoms with E-state index in [0.717, 1.165) is 17.1 Å². The molecule has 15 heavy (non-hydrogen) atoms. The molecule has 3 nitrogen and oxygen atoms in total. The van der Waals surface area contributed by atoms with E-state index < -0.39 is 0 Å². The molecule has 0 saturated carbocycles. The molecule has 1 heterocycles. The second-order valence-electron chi connectivity index (χ2n) is 3.59. The fraction of sp³-hybridized carbons (Fsp3) is 0.250. The summed E-state index contributed by atoms with van der Waals surface area (Å²) in [6, 6.07) is 6.15. The van der Waals surface area contributed by atoms with E-state index in [1.807, 2.05) is 19.1 Å². The molecular weight excluding hydrogens is 188 g/mol. The van der Waals surface area contributed by atoms with Gasteiger partial charge in [0.05, 0.1) is 0 Å². The SMILES string of the molecule is Cc1ccc(OCc2ncc[nH]2)c(C)c1. The Morgan fingerprint density at radius 2 is 2.20 bits per heavy atom. The van der Waals surface area contributed by atoms with Crippen LogP contribution in [-0.4, -0.2) is 9.97 Å². The molecule has 0 spiro atoms. The van der Waals surface area contributed by atoms with Gasteiger partial charge in [-0.3, -0.25) is 0 Å². The largest absolute Gasteiger partial charge is 0.485 e. The first kappa shape index (κ1) is 9.77. The summed E-state index contributed by atoms with van der Waals surface area (Å²) in [5.74, 6) is 1.76. The van der Waals surface area contributed by atoms with Crippen LogP contribution in [0.1, 0.15) is 17.0 Å². The van der Waals surface area contributed by atoms with E-state index in [9.17, 15) is 0 Å². The number of hydrogen-bond donors (Lipinski definition) is 1. The number of hydrogen-bond acceptors (Lipinski definition) is 2. The summed E-state index contributed by atoms with van der Waals surface area (Å²) in [4.78, 5) is 7.10. The Labute approximate surface area is 89.1 Å². The molecule has 0 aliphatic heterocycles. The van der Waals surface area contributed by atoms with Crippen molar-refractivity contribution in [3.8, 4) is 5.75 Å². The van der Waals surface area contributed by atoms with E-state index in [-0.39, 0.29) is 0 Å². The van der Waals surface area contributed by atoms with Crippen LogP contribution in [0, 0.1) is 13.8 Å². The molecule has 2 rings (SSSR count). The molecule has 3 heteroatoms. The molecule has 0 fully saturated rings. The van der Waals surface area contributed by atoms with Crippen LogP contribution in [-0.2, 0) is 6.61 Å². The van der Waals surface area contributed by atoms with Crippen LogP contribution in [0.5, 0.6) is 5.75 Å². The number of rotatable bonds is 3. The van der Waals surface area contributed by atoms with Crippen molar-refractivity contribution >= 4 is 0 Å². The number of H-pyrrole nitrogens is 1. The third-order valence-electron chi connectivity index (χ3n) is 2.25. The highest BCUT2D eigenvalue weighted by atomic mass is 16.5. The van der Waals surface area contributed by atoms with Gasteiger partial charge in [-0.2, -0.15) is 0 Å². The summed E-state index contributed by atoms with van der Waals surface area (Å²) in [6.07, 6.45) is 3.52. The van der Waals surface area contributed by atoms with Crippen molar-refractivity contribution in [2.24, 2.45) is 0 Å². The van der Waals surface area contributed by atoms with Gasteiger partial charge in [-0.05, 0) is 25.5 Å². The summed E-state index contributed by atoms with van der Waals surface area (Å²) in [5, 5.41) is 0. The lowest BCUT2D eigenvalue weighted by Gasteiger charge is -2.08. The van der Waals surface area contributed by atoms with Gasteiger partial charge in [0.15, 0.2) is 0 Å². The minimum atomic E-state index is 0.483. The average molecular weight is 202 g/mol. The molecule has 2 aromatic rings. The van der Waals surface area contributed by atoms with E-state index >= 15 is 0 Å². The zero-order chi connectivity index (χ0) is 10.7. The van der Waals surface area contributed by atoms with E-state index in [0.29, 0.717) is 6.61 Å². The average Bonchev–Trinajstić information content (AvgIpc) is 2.69. The molecule has 0 atom stereocenters. The molecule has 1 aromatic heterocycles. The smallest absolute Gasteiger partial charge is 0.146 e. The van der Waals surface area contributed by atoms with Gasteiger partial charge in [0.25, 0.3) is 0 Å². The number of ether oxygens (including phenoxy) is 1. The van der Waals surface area contributed by atoms with Gasteiger partial charge in [0.1, 0.15) is 18.2 Å². The number of aromatic amines is 1. The first-order chi connectivity index (χ1) is 7.25. The van der Waals surface area contributed by atoms with Crippen LogP contribution in [0.3, 0.4) is 0 Å². The highest BCUT2D eigenvalue weighted by molar-refractivity contribution is 5.35. The summed E-state index contributed by atoms with van der Waals surface area (Å²) < 4.78 is 5.64. The maximum Gasteiger partial charge on any atom is 0.146 e. The van der Waals surface area contributed by atoms with Crippen LogP contribution in [0.4, 0.5) is 0 Å². The second kappa shape index (κ2) is 4.17. The number of aryl methyl sites for hydroxylation is 2. The van der Waals surface area contributed by atoms with Crippen molar-refractivity contribution in [1.29, 1.82) is 0 Å². The Bertz CT molecular complexity index is 435. The highest BCUT2D eigenvalue weighted by Crippen LogP contribution is 2.19. The van der Waals surface area contributed by atoms with Crippen LogP contribution < -0.4 is 4.74 Å². The van der Waals surface area contributed by atoms with Gasteiger partial charge in [-0.15, -0.1) is 0 Å². The lowest BCUT2D eigenvalue weighted by molar-refractivity contribution is 0.295. The van der Waals surface area contributed by atoms with Crippen LogP contribution in [0.2, 0.25) is 0 Å². The highest BCUT2D eigenvalue weighted by Gasteiger charge is 2.00. The predicted octanol–water partition coefficient (Wildman–Crippen LogP) is 2.61. The maximum absolute atomic E-state index is 5.64. The van der Waals surface area contributed by atoms with Gasteiger partial charge in [-0.25, -0.2) is 4.98 Å². The Balaban J connectivity index is 2.05. The molecule has 78 valence electrons. The Hall–Kier alpha value is -1.77. The van der Waals surface area contributed by atoms with Crippen LogP contribution in [0.15, 0.2) is 30.6 Å². The number of benzene rings is 1. The standard InChI is InChI=1S/C12H14N2O/c1-9-3-4-11(10(2)7-9)15-8-12-13-5-6-14-12/h3-7H,8H2,1-2H3,(H,13,14). The summed E-state index contributed by atoms with van der Waals surface area (Å²) in [6.45, 7) is 4.60. The van der Waals surface area contributed by atoms with Gasteiger partial charge in [0, 0.05) is 12.4 Å². The summed E-state index contributed by atoms with van der Waals surface area (Å²) in [5.41, 5.74) is 2.40. The molecule has 0 bridgehead atoms. The normalized spacial score (nSPS) is 10.3. The lowest BCUT2D eigenvalue weighted by Crippen LogP contribution is -1.98. The van der Waals surface area contributed by atoms with Crippen LogP contribution >= 0.6 is 0 Å². The lowest BCUT2D eigenvalue weighted by atomic mass is 10.1. The van der Waals surface area contributed by atoms with Gasteiger partial charge >= 0.3 is 0 Å². The first-order valence-corrected chi connectivity index (χ1v) is 4.94. The molecule has 0 amide bonds. The molecular formula is C12H14N2O. The molecule has 0 radical (unpaired) electrons. The predicted molar refractivity (Wildman–Crippen MR) is 58.8 cm³/mol. The van der Waals surface area contributed by atoms with Crippen LogP contribution in [0.25, 0.3) is 0 Å². The molecule has 1 aromatic carbocycles. The number of nitrogens with one attached hydrogen (secondary N) is 1. The first-order valence-electron chi connectivity index (χ1n) is 4.94. The Morgan fingerprint density at radius 1 is 1.33 bits per heavy atom. The Kier molecular flexibility index (Phi) is 2.72. The quantitative estimate of drug-likeness (QED) is 0.830. The van der Waals surface area contributed by atoms with Crippen molar-refractivity contribution in [2.45, 2.75) is 20.5 Å². The monoisotopic (exact) mass is 202 g/mol. The zero-order valence-electron chi connectivity index (χ0n) is 8.95.